The minimum absolute atomic E-state index is 0.0900. The number of anilines is 1. The van der Waals surface area contributed by atoms with Gasteiger partial charge in [0, 0.05) is 11.7 Å². The number of benzene rings is 1. The van der Waals surface area contributed by atoms with Crippen LogP contribution in [0.2, 0.25) is 0 Å². The SMILES string of the molecule is CC(C)(C)c1ccc(NC(=O)CC(=O)NC2CC2)cc1. The number of carbonyl (C=O) groups excluding carboxylic acids is 2. The third-order valence-corrected chi connectivity index (χ3v) is 3.30. The van der Waals surface area contributed by atoms with E-state index in [2.05, 4.69) is 31.4 Å². The van der Waals surface area contributed by atoms with Gasteiger partial charge in [-0.25, -0.2) is 0 Å². The molecule has 0 saturated heterocycles. The first-order chi connectivity index (χ1) is 9.34. The second-order valence-electron chi connectivity index (χ2n) is 6.39. The molecule has 0 heterocycles. The summed E-state index contributed by atoms with van der Waals surface area (Å²) in [7, 11) is 0. The predicted octanol–water partition coefficient (Wildman–Crippen LogP) is 2.59. The van der Waals surface area contributed by atoms with E-state index >= 15 is 0 Å². The van der Waals surface area contributed by atoms with Gasteiger partial charge in [0.1, 0.15) is 6.42 Å². The fraction of sp³-hybridized carbons (Fsp3) is 0.500. The van der Waals surface area contributed by atoms with Gasteiger partial charge < -0.3 is 10.6 Å². The van der Waals surface area contributed by atoms with Gasteiger partial charge in [0.15, 0.2) is 0 Å². The van der Waals surface area contributed by atoms with Crippen LogP contribution in [-0.4, -0.2) is 17.9 Å². The standard InChI is InChI=1S/C16H22N2O2/c1-16(2,3)11-4-6-12(7-5-11)17-14(19)10-15(20)18-13-8-9-13/h4-7,13H,8-10H2,1-3H3,(H,17,19)(H,18,20). The second-order valence-corrected chi connectivity index (χ2v) is 6.39. The van der Waals surface area contributed by atoms with Gasteiger partial charge in [-0.1, -0.05) is 32.9 Å². The van der Waals surface area contributed by atoms with Crippen molar-refractivity contribution in [1.29, 1.82) is 0 Å². The molecule has 1 aliphatic carbocycles. The lowest BCUT2D eigenvalue weighted by Gasteiger charge is -2.19. The summed E-state index contributed by atoms with van der Waals surface area (Å²) >= 11 is 0. The summed E-state index contributed by atoms with van der Waals surface area (Å²) in [5, 5.41) is 5.55. The Kier molecular flexibility index (Phi) is 4.12. The predicted molar refractivity (Wildman–Crippen MR) is 79.6 cm³/mol. The fourth-order valence-corrected chi connectivity index (χ4v) is 1.91. The maximum atomic E-state index is 11.7. The molecule has 4 nitrogen and oxygen atoms in total. The van der Waals surface area contributed by atoms with Crippen molar-refractivity contribution in [3.8, 4) is 0 Å². The highest BCUT2D eigenvalue weighted by molar-refractivity contribution is 6.03. The molecule has 0 radical (unpaired) electrons. The molecule has 2 N–H and O–H groups in total. The van der Waals surface area contributed by atoms with Crippen LogP contribution in [0, 0.1) is 0 Å². The van der Waals surface area contributed by atoms with Crippen LogP contribution >= 0.6 is 0 Å². The van der Waals surface area contributed by atoms with Gasteiger partial charge in [0.05, 0.1) is 0 Å². The van der Waals surface area contributed by atoms with Gasteiger partial charge in [-0.3, -0.25) is 9.59 Å². The molecular formula is C16H22N2O2. The first-order valence-corrected chi connectivity index (χ1v) is 7.04. The molecule has 1 saturated carbocycles. The molecular weight excluding hydrogens is 252 g/mol. The van der Waals surface area contributed by atoms with Crippen LogP contribution in [0.5, 0.6) is 0 Å². The average molecular weight is 274 g/mol. The third-order valence-electron chi connectivity index (χ3n) is 3.30. The first kappa shape index (κ1) is 14.6. The minimum atomic E-state index is -0.272. The lowest BCUT2D eigenvalue weighted by Crippen LogP contribution is -2.29. The van der Waals surface area contributed by atoms with Crippen molar-refractivity contribution in [3.63, 3.8) is 0 Å². The molecule has 108 valence electrons. The Bertz CT molecular complexity index is 496. The van der Waals surface area contributed by atoms with Crippen molar-refractivity contribution in [3.05, 3.63) is 29.8 Å². The first-order valence-electron chi connectivity index (χ1n) is 7.04. The summed E-state index contributed by atoms with van der Waals surface area (Å²) in [4.78, 5) is 23.2. The zero-order valence-corrected chi connectivity index (χ0v) is 12.3. The summed E-state index contributed by atoms with van der Waals surface area (Å²) in [6.45, 7) is 6.43. The lowest BCUT2D eigenvalue weighted by molar-refractivity contribution is -0.126. The maximum absolute atomic E-state index is 11.7. The molecule has 0 spiro atoms. The molecule has 0 aromatic heterocycles. The molecule has 0 unspecified atom stereocenters. The second kappa shape index (κ2) is 5.65. The van der Waals surface area contributed by atoms with Crippen molar-refractivity contribution < 1.29 is 9.59 Å². The maximum Gasteiger partial charge on any atom is 0.233 e. The van der Waals surface area contributed by atoms with Crippen LogP contribution in [0.25, 0.3) is 0 Å². The van der Waals surface area contributed by atoms with Gasteiger partial charge >= 0.3 is 0 Å². The largest absolute Gasteiger partial charge is 0.353 e. The topological polar surface area (TPSA) is 58.2 Å². The zero-order chi connectivity index (χ0) is 14.8. The zero-order valence-electron chi connectivity index (χ0n) is 12.3. The molecule has 4 heteroatoms. The Morgan fingerprint density at radius 1 is 1.10 bits per heavy atom. The van der Waals surface area contributed by atoms with Gasteiger partial charge in [-0.05, 0) is 36.0 Å². The lowest BCUT2D eigenvalue weighted by atomic mass is 9.87. The van der Waals surface area contributed by atoms with Crippen LogP contribution in [0.3, 0.4) is 0 Å². The highest BCUT2D eigenvalue weighted by Gasteiger charge is 2.24. The Morgan fingerprint density at radius 3 is 2.20 bits per heavy atom. The van der Waals surface area contributed by atoms with E-state index in [1.54, 1.807) is 0 Å². The van der Waals surface area contributed by atoms with Gasteiger partial charge in [-0.2, -0.15) is 0 Å². The number of amides is 2. The van der Waals surface area contributed by atoms with Crippen LogP contribution < -0.4 is 10.6 Å². The molecule has 0 bridgehead atoms. The third kappa shape index (κ3) is 4.37. The van der Waals surface area contributed by atoms with Crippen LogP contribution in [-0.2, 0) is 15.0 Å². The Hall–Kier alpha value is -1.84. The normalized spacial score (nSPS) is 14.8. The average Bonchev–Trinajstić information content (AvgIpc) is 3.11. The number of rotatable bonds is 4. The Morgan fingerprint density at radius 2 is 1.70 bits per heavy atom. The van der Waals surface area contributed by atoms with Crippen molar-refractivity contribution in [1.82, 2.24) is 5.32 Å². The van der Waals surface area contributed by atoms with E-state index < -0.39 is 0 Å². The number of hydrogen-bond donors (Lipinski definition) is 2. The van der Waals surface area contributed by atoms with Crippen LogP contribution in [0.1, 0.15) is 45.6 Å². The molecule has 1 aromatic rings. The Balaban J connectivity index is 1.85. The van der Waals surface area contributed by atoms with Crippen molar-refractivity contribution in [2.45, 2.75) is 51.5 Å². The van der Waals surface area contributed by atoms with E-state index in [0.29, 0.717) is 6.04 Å². The number of nitrogens with one attached hydrogen (secondary N) is 2. The van der Waals surface area contributed by atoms with Gasteiger partial charge in [0.25, 0.3) is 0 Å². The minimum Gasteiger partial charge on any atom is -0.353 e. The fourth-order valence-electron chi connectivity index (χ4n) is 1.91. The number of carbonyl (C=O) groups is 2. The van der Waals surface area contributed by atoms with Crippen molar-refractivity contribution >= 4 is 17.5 Å². The molecule has 0 aliphatic heterocycles. The van der Waals surface area contributed by atoms with E-state index in [1.165, 1.54) is 5.56 Å². The summed E-state index contributed by atoms with van der Waals surface area (Å²) in [6, 6.07) is 8.04. The summed E-state index contributed by atoms with van der Waals surface area (Å²) in [5.74, 6) is -0.469. The van der Waals surface area contributed by atoms with E-state index in [9.17, 15) is 9.59 Å². The summed E-state index contributed by atoms with van der Waals surface area (Å²) in [5.41, 5.74) is 2.02. The van der Waals surface area contributed by atoms with Crippen molar-refractivity contribution in [2.75, 3.05) is 5.32 Å². The molecule has 2 amide bonds. The summed E-state index contributed by atoms with van der Waals surface area (Å²) in [6.07, 6.45) is 1.95. The molecule has 20 heavy (non-hydrogen) atoms. The molecule has 1 fully saturated rings. The van der Waals surface area contributed by atoms with Gasteiger partial charge in [0.2, 0.25) is 11.8 Å². The molecule has 2 rings (SSSR count). The highest BCUT2D eigenvalue weighted by atomic mass is 16.2. The highest BCUT2D eigenvalue weighted by Crippen LogP contribution is 2.23. The molecule has 0 atom stereocenters. The van der Waals surface area contributed by atoms with E-state index in [1.807, 2.05) is 24.3 Å². The van der Waals surface area contributed by atoms with Crippen molar-refractivity contribution in [2.24, 2.45) is 0 Å². The molecule has 1 aromatic carbocycles. The monoisotopic (exact) mass is 274 g/mol. The Labute approximate surface area is 119 Å². The summed E-state index contributed by atoms with van der Waals surface area (Å²) < 4.78 is 0. The van der Waals surface area contributed by atoms with Gasteiger partial charge in [-0.15, -0.1) is 0 Å². The van der Waals surface area contributed by atoms with Crippen LogP contribution in [0.4, 0.5) is 5.69 Å². The van der Waals surface area contributed by atoms with Crippen LogP contribution in [0.15, 0.2) is 24.3 Å². The quantitative estimate of drug-likeness (QED) is 0.829. The van der Waals surface area contributed by atoms with E-state index in [-0.39, 0.29) is 23.7 Å². The molecule has 1 aliphatic rings. The van der Waals surface area contributed by atoms with E-state index in [0.717, 1.165) is 18.5 Å². The van der Waals surface area contributed by atoms with E-state index in [4.69, 9.17) is 0 Å². The number of hydrogen-bond acceptors (Lipinski definition) is 2. The smallest absolute Gasteiger partial charge is 0.233 e.